The number of hydrogen-bond donors (Lipinski definition) is 6. The van der Waals surface area contributed by atoms with Gasteiger partial charge in [0.25, 0.3) is 0 Å². The van der Waals surface area contributed by atoms with Gasteiger partial charge in [-0.25, -0.2) is 4.79 Å². The van der Waals surface area contributed by atoms with Crippen molar-refractivity contribution in [2.75, 3.05) is 6.61 Å². The predicted molar refractivity (Wildman–Crippen MR) is 118 cm³/mol. The smallest absolute Gasteiger partial charge is 0.330 e. The molecule has 3 aliphatic heterocycles. The van der Waals surface area contributed by atoms with Gasteiger partial charge < -0.3 is 54.3 Å². The zero-order valence-electron chi connectivity index (χ0n) is 19.2. The number of esters is 1. The molecule has 0 aromatic heterocycles. The third-order valence-electron chi connectivity index (χ3n) is 7.22. The number of aliphatic hydroxyl groups excluding tert-OH is 4. The number of phenolic OH excluding ortho intramolecular Hbond substituents is 1. The number of fused-ring (bicyclic) bond motifs is 3. The summed E-state index contributed by atoms with van der Waals surface area (Å²) in [5.74, 6) is -1.55. The highest BCUT2D eigenvalue weighted by Crippen LogP contribution is 2.61. The number of ether oxygens (including phenoxy) is 5. The molecule has 196 valence electrons. The lowest BCUT2D eigenvalue weighted by molar-refractivity contribution is -0.350. The third kappa shape index (κ3) is 4.19. The molecule has 1 aromatic rings. The van der Waals surface area contributed by atoms with Crippen LogP contribution in [0.4, 0.5) is 0 Å². The predicted octanol–water partition coefficient (Wildman–Crippen LogP) is -1.48. The van der Waals surface area contributed by atoms with Gasteiger partial charge in [-0.1, -0.05) is 12.1 Å². The van der Waals surface area contributed by atoms with Crippen LogP contribution in [0.3, 0.4) is 0 Å². The average Bonchev–Trinajstić information content (AvgIpc) is 3.49. The Balaban J connectivity index is 1.22. The van der Waals surface area contributed by atoms with Crippen LogP contribution in [0.2, 0.25) is 0 Å². The van der Waals surface area contributed by atoms with Gasteiger partial charge in [0, 0.05) is 6.08 Å². The number of aromatic hydroxyl groups is 1. The summed E-state index contributed by atoms with van der Waals surface area (Å²) in [6.45, 7) is 1.22. The van der Waals surface area contributed by atoms with Gasteiger partial charge in [-0.15, -0.1) is 0 Å². The van der Waals surface area contributed by atoms with E-state index in [1.54, 1.807) is 19.1 Å². The van der Waals surface area contributed by atoms with Crippen molar-refractivity contribution in [1.82, 2.24) is 0 Å². The molecule has 3 fully saturated rings. The van der Waals surface area contributed by atoms with Gasteiger partial charge in [0.1, 0.15) is 60.2 Å². The summed E-state index contributed by atoms with van der Waals surface area (Å²) >= 11 is 0. The van der Waals surface area contributed by atoms with Crippen molar-refractivity contribution in [3.63, 3.8) is 0 Å². The first-order valence-corrected chi connectivity index (χ1v) is 11.4. The van der Waals surface area contributed by atoms with E-state index in [1.165, 1.54) is 30.5 Å². The number of carbonyl (C=O) groups excluding carboxylic acids is 1. The fourth-order valence-corrected chi connectivity index (χ4v) is 5.12. The molecule has 0 radical (unpaired) electrons. The number of carbonyl (C=O) groups is 1. The summed E-state index contributed by atoms with van der Waals surface area (Å²) in [6, 6.07) is 6.10. The van der Waals surface area contributed by atoms with Gasteiger partial charge in [-0.3, -0.25) is 0 Å². The number of rotatable bonds is 6. The Labute approximate surface area is 205 Å². The Morgan fingerprint density at radius 2 is 1.81 bits per heavy atom. The molecule has 12 heteroatoms. The van der Waals surface area contributed by atoms with Crippen LogP contribution in [-0.4, -0.2) is 104 Å². The minimum Gasteiger partial charge on any atom is -0.508 e. The molecule has 1 aromatic carbocycles. The Bertz CT molecular complexity index is 1040. The third-order valence-corrected chi connectivity index (χ3v) is 7.22. The van der Waals surface area contributed by atoms with Crippen LogP contribution in [0.5, 0.6) is 5.75 Å². The van der Waals surface area contributed by atoms with Crippen molar-refractivity contribution in [3.8, 4) is 5.75 Å². The van der Waals surface area contributed by atoms with E-state index in [0.717, 1.165) is 6.08 Å². The zero-order valence-corrected chi connectivity index (χ0v) is 19.2. The van der Waals surface area contributed by atoms with Crippen LogP contribution in [0.25, 0.3) is 6.08 Å². The van der Waals surface area contributed by atoms with Crippen LogP contribution < -0.4 is 0 Å². The van der Waals surface area contributed by atoms with Crippen molar-refractivity contribution in [3.05, 3.63) is 48.2 Å². The van der Waals surface area contributed by atoms with Gasteiger partial charge in [-0.05, 0) is 36.8 Å². The normalized spacial score (nSPS) is 45.1. The lowest BCUT2D eigenvalue weighted by atomic mass is 9.82. The monoisotopic (exact) mass is 508 g/mol. The number of benzene rings is 1. The van der Waals surface area contributed by atoms with E-state index in [2.05, 4.69) is 0 Å². The lowest BCUT2D eigenvalue weighted by Crippen LogP contribution is -2.62. The summed E-state index contributed by atoms with van der Waals surface area (Å²) < 4.78 is 27.5. The topological polar surface area (TPSA) is 188 Å². The standard InChI is InChI=1S/C24H28O12/c1-23-18-22(32-9-8-24(18,31)19(30)20(23)36-23)35-21-17(29)16(28)15(27)13(34-21)10-33-14(26)7-4-11-2-5-12(25)6-3-11/h2-9,13,15-22,25,27-31H,10H2,1H3/t13-,15-,16+,17-,18-,19+,20+,21+,22+,23-,24+/m1/s1. The minimum atomic E-state index is -1.70. The molecule has 1 saturated carbocycles. The largest absolute Gasteiger partial charge is 0.508 e. The van der Waals surface area contributed by atoms with Gasteiger partial charge in [0.05, 0.1) is 12.2 Å². The SMILES string of the molecule is C[C@]12O[C@H]1[C@H](O)[C@]1(O)C=CO[C@@H](O[C@@H]3O[C@H](COC(=O)C=Cc4ccc(O)cc4)[C@@H](O)[C@H](O)[C@H]3O)[C@@H]12. The number of epoxide rings is 1. The molecule has 0 amide bonds. The zero-order chi connectivity index (χ0) is 25.8. The summed E-state index contributed by atoms with van der Waals surface area (Å²) in [7, 11) is 0. The molecule has 12 nitrogen and oxygen atoms in total. The maximum absolute atomic E-state index is 12.1. The van der Waals surface area contributed by atoms with Crippen molar-refractivity contribution in [1.29, 1.82) is 0 Å². The fraction of sp³-hybridized carbons (Fsp3) is 0.542. The number of aliphatic hydroxyl groups is 5. The highest BCUT2D eigenvalue weighted by Gasteiger charge is 2.79. The molecule has 0 spiro atoms. The number of phenols is 1. The van der Waals surface area contributed by atoms with Crippen LogP contribution >= 0.6 is 0 Å². The Kier molecular flexibility index (Phi) is 6.34. The van der Waals surface area contributed by atoms with Crippen LogP contribution in [0, 0.1) is 5.92 Å². The molecule has 1 aliphatic carbocycles. The Morgan fingerprint density at radius 3 is 2.53 bits per heavy atom. The second kappa shape index (κ2) is 9.08. The highest BCUT2D eigenvalue weighted by molar-refractivity contribution is 5.87. The van der Waals surface area contributed by atoms with Gasteiger partial charge >= 0.3 is 5.97 Å². The van der Waals surface area contributed by atoms with Crippen molar-refractivity contribution in [2.24, 2.45) is 5.92 Å². The van der Waals surface area contributed by atoms with Gasteiger partial charge in [0.15, 0.2) is 6.29 Å². The molecule has 5 rings (SSSR count). The molecular weight excluding hydrogens is 480 g/mol. The second-order valence-electron chi connectivity index (χ2n) is 9.55. The first kappa shape index (κ1) is 25.1. The molecule has 0 bridgehead atoms. The first-order valence-electron chi connectivity index (χ1n) is 11.4. The van der Waals surface area contributed by atoms with E-state index < -0.39 is 78.9 Å². The molecule has 3 heterocycles. The maximum atomic E-state index is 12.1. The number of hydrogen-bond acceptors (Lipinski definition) is 12. The molecule has 0 unspecified atom stereocenters. The Hall–Kier alpha value is -2.55. The highest BCUT2D eigenvalue weighted by atomic mass is 16.8. The van der Waals surface area contributed by atoms with Crippen LogP contribution in [0.1, 0.15) is 12.5 Å². The summed E-state index contributed by atoms with van der Waals surface area (Å²) in [4.78, 5) is 12.1. The Morgan fingerprint density at radius 1 is 1.08 bits per heavy atom. The fourth-order valence-electron chi connectivity index (χ4n) is 5.12. The van der Waals surface area contributed by atoms with Crippen molar-refractivity contribution in [2.45, 2.75) is 67.3 Å². The van der Waals surface area contributed by atoms with E-state index >= 15 is 0 Å². The van der Waals surface area contributed by atoms with E-state index in [1.807, 2.05) is 0 Å². The summed E-state index contributed by atoms with van der Waals surface area (Å²) in [5.41, 5.74) is -2.00. The summed E-state index contributed by atoms with van der Waals surface area (Å²) in [6.07, 6.45) is -5.78. The van der Waals surface area contributed by atoms with Crippen molar-refractivity contribution >= 4 is 12.0 Å². The van der Waals surface area contributed by atoms with E-state index in [9.17, 15) is 35.4 Å². The van der Waals surface area contributed by atoms with E-state index in [0.29, 0.717) is 5.56 Å². The summed E-state index contributed by atoms with van der Waals surface area (Å²) in [5, 5.41) is 61.9. The lowest BCUT2D eigenvalue weighted by Gasteiger charge is -2.45. The minimum absolute atomic E-state index is 0.0812. The average molecular weight is 508 g/mol. The molecule has 11 atom stereocenters. The maximum Gasteiger partial charge on any atom is 0.330 e. The van der Waals surface area contributed by atoms with Crippen LogP contribution in [0.15, 0.2) is 42.7 Å². The molecule has 2 saturated heterocycles. The molecule has 6 N–H and O–H groups in total. The van der Waals surface area contributed by atoms with Crippen LogP contribution in [-0.2, 0) is 28.5 Å². The molecule has 36 heavy (non-hydrogen) atoms. The molecular formula is C24H28O12. The second-order valence-corrected chi connectivity index (χ2v) is 9.55. The van der Waals surface area contributed by atoms with E-state index in [4.69, 9.17) is 23.7 Å². The van der Waals surface area contributed by atoms with Gasteiger partial charge in [-0.2, -0.15) is 0 Å². The van der Waals surface area contributed by atoms with Crippen molar-refractivity contribution < 1.29 is 59.1 Å². The van der Waals surface area contributed by atoms with Gasteiger partial charge in [0.2, 0.25) is 6.29 Å². The molecule has 4 aliphatic rings. The quantitative estimate of drug-likeness (QED) is 0.149. The van der Waals surface area contributed by atoms with E-state index in [-0.39, 0.29) is 5.75 Å². The first-order chi connectivity index (χ1) is 17.0.